The number of amides is 1. The van der Waals surface area contributed by atoms with Crippen LogP contribution in [0.2, 0.25) is 5.02 Å². The van der Waals surface area contributed by atoms with E-state index >= 15 is 0 Å². The molecular weight excluding hydrogens is 422 g/mol. The van der Waals surface area contributed by atoms with E-state index in [1.165, 1.54) is 16.5 Å². The van der Waals surface area contributed by atoms with Gasteiger partial charge in [-0.25, -0.2) is 4.98 Å². The number of halogens is 1. The number of hydrogen-bond donors (Lipinski definition) is 1. The summed E-state index contributed by atoms with van der Waals surface area (Å²) in [7, 11) is 1.56. The first-order valence-corrected chi connectivity index (χ1v) is 10.8. The Kier molecular flexibility index (Phi) is 5.19. The van der Waals surface area contributed by atoms with Gasteiger partial charge in [-0.1, -0.05) is 23.7 Å². The number of methoxy groups -OCH3 is 1. The average molecular weight is 444 g/mol. The molecule has 2 heterocycles. The summed E-state index contributed by atoms with van der Waals surface area (Å²) < 4.78 is 5.31. The van der Waals surface area contributed by atoms with E-state index in [-0.39, 0.29) is 5.91 Å². The number of aromatic nitrogens is 1. The van der Waals surface area contributed by atoms with Gasteiger partial charge in [0.25, 0.3) is 5.91 Å². The maximum Gasteiger partial charge on any atom is 0.255 e. The Balaban J connectivity index is 1.39. The largest absolute Gasteiger partial charge is 0.495 e. The second-order valence-corrected chi connectivity index (χ2v) is 8.35. The number of pyridine rings is 1. The third-order valence-electron chi connectivity index (χ3n) is 5.74. The first kappa shape index (κ1) is 20.3. The van der Waals surface area contributed by atoms with Crippen molar-refractivity contribution in [3.8, 4) is 5.75 Å². The van der Waals surface area contributed by atoms with Crippen LogP contribution in [0, 0.1) is 6.92 Å². The molecule has 4 aromatic rings. The van der Waals surface area contributed by atoms with Crippen LogP contribution in [0.4, 0.5) is 17.2 Å². The maximum atomic E-state index is 12.8. The van der Waals surface area contributed by atoms with E-state index in [1.807, 2.05) is 24.3 Å². The Morgan fingerprint density at radius 1 is 1.06 bits per heavy atom. The lowest BCUT2D eigenvalue weighted by Gasteiger charge is -2.19. The van der Waals surface area contributed by atoms with E-state index in [4.69, 9.17) is 21.3 Å². The van der Waals surface area contributed by atoms with Gasteiger partial charge in [-0.2, -0.15) is 0 Å². The maximum absolute atomic E-state index is 12.8. The summed E-state index contributed by atoms with van der Waals surface area (Å²) >= 11 is 6.06. The second kappa shape index (κ2) is 8.17. The van der Waals surface area contributed by atoms with E-state index in [0.29, 0.717) is 22.0 Å². The zero-order chi connectivity index (χ0) is 22.2. The van der Waals surface area contributed by atoms with Crippen molar-refractivity contribution in [3.05, 3.63) is 88.4 Å². The average Bonchev–Trinajstić information content (AvgIpc) is 3.20. The normalized spacial score (nSPS) is 12.7. The minimum absolute atomic E-state index is 0.224. The van der Waals surface area contributed by atoms with Gasteiger partial charge in [0.05, 0.1) is 18.3 Å². The molecule has 0 spiro atoms. The highest BCUT2D eigenvalue weighted by Crippen LogP contribution is 2.35. The summed E-state index contributed by atoms with van der Waals surface area (Å²) in [6, 6.07) is 21.3. The van der Waals surface area contributed by atoms with Crippen LogP contribution in [0.3, 0.4) is 0 Å². The van der Waals surface area contributed by atoms with Gasteiger partial charge in [-0.05, 0) is 79.1 Å². The minimum Gasteiger partial charge on any atom is -0.495 e. The first-order valence-electron chi connectivity index (χ1n) is 10.4. The van der Waals surface area contributed by atoms with Gasteiger partial charge in [0.1, 0.15) is 11.6 Å². The number of rotatable bonds is 4. The zero-order valence-corrected chi connectivity index (χ0v) is 18.6. The molecule has 5 nitrogen and oxygen atoms in total. The fourth-order valence-electron chi connectivity index (χ4n) is 4.08. The molecule has 1 N–H and O–H groups in total. The molecule has 0 saturated carbocycles. The SMILES string of the molecule is COc1ccc(Cl)cc1NC(=O)c1ccc(N2CCc3cc4ccc(C)cc4nc32)cc1. The van der Waals surface area contributed by atoms with Gasteiger partial charge in [0, 0.05) is 28.2 Å². The third kappa shape index (κ3) is 3.76. The summed E-state index contributed by atoms with van der Waals surface area (Å²) in [5.41, 5.74) is 5.55. The molecule has 6 heteroatoms. The third-order valence-corrected chi connectivity index (χ3v) is 5.98. The lowest BCUT2D eigenvalue weighted by atomic mass is 10.1. The Bertz CT molecular complexity index is 1340. The number of benzene rings is 3. The number of carbonyl (C=O) groups excluding carboxylic acids is 1. The molecule has 0 bridgehead atoms. The van der Waals surface area contributed by atoms with Crippen LogP contribution >= 0.6 is 11.6 Å². The predicted octanol–water partition coefficient (Wildman–Crippen LogP) is 6.15. The van der Waals surface area contributed by atoms with Crippen LogP contribution in [0.1, 0.15) is 21.5 Å². The molecule has 0 saturated heterocycles. The molecule has 1 aliphatic rings. The molecule has 0 fully saturated rings. The number of carbonyl (C=O) groups is 1. The summed E-state index contributed by atoms with van der Waals surface area (Å²) in [4.78, 5) is 19.9. The zero-order valence-electron chi connectivity index (χ0n) is 17.9. The Hall–Kier alpha value is -3.57. The minimum atomic E-state index is -0.224. The van der Waals surface area contributed by atoms with Gasteiger partial charge < -0.3 is 15.0 Å². The molecule has 0 atom stereocenters. The standard InChI is InChI=1S/C26H22ClN3O2/c1-16-3-4-18-14-19-11-12-30(25(19)28-22(18)13-16)21-8-5-17(6-9-21)26(31)29-23-15-20(27)7-10-24(23)32-2/h3-10,13-15H,11-12H2,1-2H3,(H,29,31). The molecule has 1 aromatic heterocycles. The molecular formula is C26H22ClN3O2. The van der Waals surface area contributed by atoms with Crippen molar-refractivity contribution >= 4 is 45.6 Å². The fraction of sp³-hybridized carbons (Fsp3) is 0.154. The van der Waals surface area contributed by atoms with Crippen LogP contribution in [-0.2, 0) is 6.42 Å². The van der Waals surface area contributed by atoms with Crippen molar-refractivity contribution < 1.29 is 9.53 Å². The van der Waals surface area contributed by atoms with Gasteiger partial charge in [0.15, 0.2) is 0 Å². The van der Waals surface area contributed by atoms with Crippen molar-refractivity contribution in [2.45, 2.75) is 13.3 Å². The number of aryl methyl sites for hydroxylation is 1. The van der Waals surface area contributed by atoms with Crippen LogP contribution in [0.5, 0.6) is 5.75 Å². The number of anilines is 3. The Labute approximate surface area is 191 Å². The monoisotopic (exact) mass is 443 g/mol. The van der Waals surface area contributed by atoms with Crippen molar-refractivity contribution in [1.82, 2.24) is 4.98 Å². The predicted molar refractivity (Wildman–Crippen MR) is 130 cm³/mol. The van der Waals surface area contributed by atoms with E-state index < -0.39 is 0 Å². The summed E-state index contributed by atoms with van der Waals surface area (Å²) in [6.45, 7) is 2.94. The number of ether oxygens (including phenoxy) is 1. The molecule has 160 valence electrons. The van der Waals surface area contributed by atoms with Gasteiger partial charge in [0.2, 0.25) is 0 Å². The van der Waals surface area contributed by atoms with E-state index in [2.05, 4.69) is 41.4 Å². The van der Waals surface area contributed by atoms with Crippen LogP contribution in [-0.4, -0.2) is 24.5 Å². The van der Waals surface area contributed by atoms with E-state index in [0.717, 1.165) is 30.0 Å². The van der Waals surface area contributed by atoms with Crippen molar-refractivity contribution in [2.75, 3.05) is 23.9 Å². The summed E-state index contributed by atoms with van der Waals surface area (Å²) in [5.74, 6) is 1.32. The topological polar surface area (TPSA) is 54.5 Å². The van der Waals surface area contributed by atoms with Crippen molar-refractivity contribution in [2.24, 2.45) is 0 Å². The Morgan fingerprint density at radius 3 is 2.66 bits per heavy atom. The molecule has 0 aliphatic carbocycles. The quantitative estimate of drug-likeness (QED) is 0.411. The molecule has 1 amide bonds. The summed E-state index contributed by atoms with van der Waals surface area (Å²) in [5, 5.41) is 4.57. The lowest BCUT2D eigenvalue weighted by Crippen LogP contribution is -2.16. The molecule has 32 heavy (non-hydrogen) atoms. The van der Waals surface area contributed by atoms with Gasteiger partial charge >= 0.3 is 0 Å². The smallest absolute Gasteiger partial charge is 0.255 e. The second-order valence-electron chi connectivity index (χ2n) is 7.91. The van der Waals surface area contributed by atoms with Crippen LogP contribution in [0.15, 0.2) is 66.7 Å². The molecule has 0 radical (unpaired) electrons. The number of hydrogen-bond acceptors (Lipinski definition) is 4. The van der Waals surface area contributed by atoms with E-state index in [9.17, 15) is 4.79 Å². The number of nitrogens with zero attached hydrogens (tertiary/aromatic N) is 2. The first-order chi connectivity index (χ1) is 15.5. The van der Waals surface area contributed by atoms with Gasteiger partial charge in [-0.3, -0.25) is 4.79 Å². The Morgan fingerprint density at radius 2 is 1.88 bits per heavy atom. The highest BCUT2D eigenvalue weighted by molar-refractivity contribution is 6.31. The lowest BCUT2D eigenvalue weighted by molar-refractivity contribution is 0.102. The molecule has 0 unspecified atom stereocenters. The van der Waals surface area contributed by atoms with E-state index in [1.54, 1.807) is 25.3 Å². The number of nitrogens with one attached hydrogen (secondary N) is 1. The van der Waals surface area contributed by atoms with Crippen LogP contribution < -0.4 is 15.0 Å². The number of fused-ring (bicyclic) bond motifs is 2. The molecule has 1 aliphatic heterocycles. The molecule has 3 aromatic carbocycles. The van der Waals surface area contributed by atoms with Gasteiger partial charge in [-0.15, -0.1) is 0 Å². The molecule has 5 rings (SSSR count). The van der Waals surface area contributed by atoms with Crippen LogP contribution in [0.25, 0.3) is 10.9 Å². The highest BCUT2D eigenvalue weighted by Gasteiger charge is 2.23. The highest BCUT2D eigenvalue weighted by atomic mass is 35.5. The van der Waals surface area contributed by atoms with Crippen molar-refractivity contribution in [1.29, 1.82) is 0 Å². The van der Waals surface area contributed by atoms with Crippen molar-refractivity contribution in [3.63, 3.8) is 0 Å². The fourth-order valence-corrected chi connectivity index (χ4v) is 4.26. The summed E-state index contributed by atoms with van der Waals surface area (Å²) in [6.07, 6.45) is 0.947.